The molecule has 35 heavy (non-hydrogen) atoms. The van der Waals surface area contributed by atoms with Crippen LogP contribution in [0.25, 0.3) is 0 Å². The molecule has 1 N–H and O–H groups in total. The van der Waals surface area contributed by atoms with Gasteiger partial charge in [-0.3, -0.25) is 4.79 Å². The van der Waals surface area contributed by atoms with Gasteiger partial charge >= 0.3 is 5.97 Å². The number of esters is 1. The minimum atomic E-state index is -0.928. The third-order valence-electron chi connectivity index (χ3n) is 7.71. The summed E-state index contributed by atoms with van der Waals surface area (Å²) in [4.78, 5) is 11.3. The number of hydrogen-bond acceptors (Lipinski definition) is 4. The maximum absolute atomic E-state index is 11.3. The van der Waals surface area contributed by atoms with Crippen molar-refractivity contribution in [3.8, 4) is 17.6 Å². The van der Waals surface area contributed by atoms with Crippen LogP contribution in [0.15, 0.2) is 36.4 Å². The molecule has 1 aliphatic heterocycles. The lowest BCUT2D eigenvalue weighted by atomic mass is 9.70. The zero-order chi connectivity index (χ0) is 25.6. The van der Waals surface area contributed by atoms with Crippen LogP contribution in [-0.4, -0.2) is 29.4 Å². The summed E-state index contributed by atoms with van der Waals surface area (Å²) in [5, 5.41) is 10.5. The molecule has 0 spiro atoms. The van der Waals surface area contributed by atoms with Gasteiger partial charge in [-0.1, -0.05) is 63.8 Å². The van der Waals surface area contributed by atoms with Crippen molar-refractivity contribution in [3.05, 3.63) is 64.2 Å². The summed E-state index contributed by atoms with van der Waals surface area (Å²) in [5.41, 5.74) is 4.66. The Kier molecular flexibility index (Phi) is 8.67. The van der Waals surface area contributed by atoms with Crippen molar-refractivity contribution in [2.75, 3.05) is 6.61 Å². The van der Waals surface area contributed by atoms with Crippen molar-refractivity contribution >= 4 is 5.97 Å². The fraction of sp³-hybridized carbons (Fsp3) is 0.516. The highest BCUT2D eigenvalue weighted by molar-refractivity contribution is 5.71. The molecule has 2 aromatic carbocycles. The summed E-state index contributed by atoms with van der Waals surface area (Å²) in [6.07, 6.45) is 4.22. The molecule has 0 radical (unpaired) electrons. The Hall–Kier alpha value is -2.77. The number of carbonyl (C=O) groups is 1. The highest BCUT2D eigenvalue weighted by Gasteiger charge is 2.32. The first-order valence-electron chi connectivity index (χ1n) is 13.0. The van der Waals surface area contributed by atoms with Crippen molar-refractivity contribution in [1.82, 2.24) is 0 Å². The predicted octanol–water partition coefficient (Wildman–Crippen LogP) is 6.40. The number of benzene rings is 2. The van der Waals surface area contributed by atoms with Crippen molar-refractivity contribution in [2.24, 2.45) is 0 Å². The molecule has 1 aliphatic rings. The zero-order valence-corrected chi connectivity index (χ0v) is 22.2. The first-order valence-corrected chi connectivity index (χ1v) is 13.0. The highest BCUT2D eigenvalue weighted by Crippen LogP contribution is 2.41. The van der Waals surface area contributed by atoms with Crippen LogP contribution in [-0.2, 0) is 14.9 Å². The molecule has 1 fully saturated rings. The average molecular weight is 477 g/mol. The molecule has 0 aromatic heterocycles. The molecule has 0 saturated carbocycles. The molecule has 0 unspecified atom stereocenters. The van der Waals surface area contributed by atoms with Gasteiger partial charge in [-0.25, -0.2) is 0 Å². The van der Waals surface area contributed by atoms with E-state index in [1.807, 2.05) is 19.9 Å². The number of carbonyl (C=O) groups excluding carboxylic acids is 1. The maximum atomic E-state index is 11.3. The average Bonchev–Trinajstić information content (AvgIpc) is 3.28. The third kappa shape index (κ3) is 5.90. The molecular weight excluding hydrogens is 436 g/mol. The molecule has 188 valence electrons. The van der Waals surface area contributed by atoms with Crippen molar-refractivity contribution < 1.29 is 19.4 Å². The zero-order valence-electron chi connectivity index (χ0n) is 22.2. The maximum Gasteiger partial charge on any atom is 0.306 e. The second-order valence-electron chi connectivity index (χ2n) is 9.75. The Bertz CT molecular complexity index is 1100. The molecule has 0 bridgehead atoms. The quantitative estimate of drug-likeness (QED) is 0.336. The van der Waals surface area contributed by atoms with Gasteiger partial charge in [0.1, 0.15) is 24.1 Å². The van der Waals surface area contributed by atoms with E-state index in [2.05, 4.69) is 69.9 Å². The molecule has 3 rings (SSSR count). The molecule has 4 nitrogen and oxygen atoms in total. The van der Waals surface area contributed by atoms with Crippen molar-refractivity contribution in [1.29, 1.82) is 0 Å². The van der Waals surface area contributed by atoms with E-state index in [0.717, 1.165) is 41.7 Å². The molecule has 2 aromatic rings. The van der Waals surface area contributed by atoms with E-state index >= 15 is 0 Å². The van der Waals surface area contributed by atoms with Crippen molar-refractivity contribution in [2.45, 2.75) is 97.2 Å². The lowest BCUT2D eigenvalue weighted by molar-refractivity contribution is -0.142. The van der Waals surface area contributed by atoms with Crippen LogP contribution in [0.4, 0.5) is 0 Å². The largest absolute Gasteiger partial charge is 0.489 e. The normalized spacial score (nSPS) is 16.0. The van der Waals surface area contributed by atoms with Gasteiger partial charge in [-0.2, -0.15) is 0 Å². The monoisotopic (exact) mass is 476 g/mol. The number of aryl methyl sites for hydroxylation is 2. The van der Waals surface area contributed by atoms with Gasteiger partial charge in [-0.05, 0) is 80.3 Å². The van der Waals surface area contributed by atoms with E-state index in [4.69, 9.17) is 9.47 Å². The Balaban J connectivity index is 1.87. The standard InChI is InChI=1S/C31H40O4/c1-7-30(33,8-2)18-17-24-11-12-25(19-22(24)5)31(9-3,10-4)26-13-15-28(23(6)20-26)34-21-27-14-16-29(32)35-27/h11-13,15,19-20,27,33H,7-10,14,16,21H2,1-6H3/t27-/m0/s1. The summed E-state index contributed by atoms with van der Waals surface area (Å²) in [6.45, 7) is 13.0. The van der Waals surface area contributed by atoms with E-state index in [1.54, 1.807) is 0 Å². The van der Waals surface area contributed by atoms with E-state index in [1.165, 1.54) is 11.1 Å². The van der Waals surface area contributed by atoms with Crippen LogP contribution in [0.1, 0.15) is 94.0 Å². The summed E-state index contributed by atoms with van der Waals surface area (Å²) in [6, 6.07) is 13.0. The molecule has 4 heteroatoms. The van der Waals surface area contributed by atoms with Crippen LogP contribution in [0.2, 0.25) is 0 Å². The summed E-state index contributed by atoms with van der Waals surface area (Å²) in [7, 11) is 0. The molecule has 1 atom stereocenters. The van der Waals surface area contributed by atoms with Gasteiger partial charge in [0.25, 0.3) is 0 Å². The third-order valence-corrected chi connectivity index (χ3v) is 7.71. The lowest BCUT2D eigenvalue weighted by Gasteiger charge is -2.34. The number of ether oxygens (including phenoxy) is 2. The first-order chi connectivity index (χ1) is 16.7. The topological polar surface area (TPSA) is 55.8 Å². The minimum absolute atomic E-state index is 0.117. The summed E-state index contributed by atoms with van der Waals surface area (Å²) < 4.78 is 11.3. The first kappa shape index (κ1) is 26.8. The van der Waals surface area contributed by atoms with E-state index < -0.39 is 5.60 Å². The lowest BCUT2D eigenvalue weighted by Crippen LogP contribution is -2.26. The van der Waals surface area contributed by atoms with Gasteiger partial charge in [-0.15, -0.1) is 0 Å². The molecular formula is C31H40O4. The second-order valence-corrected chi connectivity index (χ2v) is 9.75. The molecule has 0 aliphatic carbocycles. The number of hydrogen-bond donors (Lipinski definition) is 1. The van der Waals surface area contributed by atoms with Crippen molar-refractivity contribution in [3.63, 3.8) is 0 Å². The fourth-order valence-electron chi connectivity index (χ4n) is 4.94. The van der Waals surface area contributed by atoms with Gasteiger partial charge in [0.05, 0.1) is 0 Å². The van der Waals surface area contributed by atoms with Crippen LogP contribution in [0.5, 0.6) is 5.75 Å². The Morgan fingerprint density at radius 2 is 1.60 bits per heavy atom. The molecule has 0 amide bonds. The second kappa shape index (κ2) is 11.3. The van der Waals surface area contributed by atoms with Crippen LogP contribution < -0.4 is 4.74 Å². The highest BCUT2D eigenvalue weighted by atomic mass is 16.6. The molecule has 1 heterocycles. The SMILES string of the molecule is CCC(O)(C#Cc1ccc(C(CC)(CC)c2ccc(OC[C@@H]3CCC(=O)O3)c(C)c2)cc1C)CC. The number of cyclic esters (lactones) is 1. The minimum Gasteiger partial charge on any atom is -0.489 e. The summed E-state index contributed by atoms with van der Waals surface area (Å²) in [5.74, 6) is 6.99. The number of rotatable bonds is 9. The Morgan fingerprint density at radius 3 is 2.11 bits per heavy atom. The van der Waals surface area contributed by atoms with Gasteiger partial charge in [0.2, 0.25) is 0 Å². The van der Waals surface area contributed by atoms with Crippen LogP contribution >= 0.6 is 0 Å². The van der Waals surface area contributed by atoms with Gasteiger partial charge in [0, 0.05) is 17.4 Å². The summed E-state index contributed by atoms with van der Waals surface area (Å²) >= 11 is 0. The Morgan fingerprint density at radius 1 is 0.971 bits per heavy atom. The fourth-order valence-corrected chi connectivity index (χ4v) is 4.94. The van der Waals surface area contributed by atoms with Crippen LogP contribution in [0.3, 0.4) is 0 Å². The van der Waals surface area contributed by atoms with E-state index in [9.17, 15) is 9.90 Å². The van der Waals surface area contributed by atoms with Gasteiger partial charge < -0.3 is 14.6 Å². The van der Waals surface area contributed by atoms with E-state index in [0.29, 0.717) is 25.9 Å². The molecule has 1 saturated heterocycles. The Labute approximate surface area is 211 Å². The number of aliphatic hydroxyl groups is 1. The van der Waals surface area contributed by atoms with E-state index in [-0.39, 0.29) is 17.5 Å². The van der Waals surface area contributed by atoms with Gasteiger partial charge in [0.15, 0.2) is 0 Å². The van der Waals surface area contributed by atoms with Crippen LogP contribution in [0, 0.1) is 25.7 Å². The predicted molar refractivity (Wildman–Crippen MR) is 141 cm³/mol. The smallest absolute Gasteiger partial charge is 0.306 e.